The second-order valence-electron chi connectivity index (χ2n) is 7.52. The smallest absolute Gasteiger partial charge is 0.255 e. The van der Waals surface area contributed by atoms with Crippen LogP contribution < -0.4 is 10.6 Å². The van der Waals surface area contributed by atoms with Gasteiger partial charge in [0.25, 0.3) is 11.8 Å². The van der Waals surface area contributed by atoms with Crippen molar-refractivity contribution >= 4 is 43.5 Å². The third kappa shape index (κ3) is 5.68. The average Bonchev–Trinajstić information content (AvgIpc) is 2.67. The minimum absolute atomic E-state index is 0.00837. The van der Waals surface area contributed by atoms with E-state index in [0.717, 1.165) is 9.87 Å². The van der Waals surface area contributed by atoms with E-state index in [1.807, 2.05) is 13.8 Å². The van der Waals surface area contributed by atoms with Crippen LogP contribution in [-0.4, -0.2) is 45.2 Å². The number of rotatable bonds is 7. The fraction of sp³-hybridized carbons (Fsp3) is 0.333. The first-order valence-electron chi connectivity index (χ1n) is 9.35. The zero-order chi connectivity index (χ0) is 22.6. The topological polar surface area (TPSA) is 95.6 Å². The predicted molar refractivity (Wildman–Crippen MR) is 121 cm³/mol. The van der Waals surface area contributed by atoms with Crippen molar-refractivity contribution in [2.24, 2.45) is 5.92 Å². The Morgan fingerprint density at radius 2 is 1.63 bits per heavy atom. The summed E-state index contributed by atoms with van der Waals surface area (Å²) in [5.41, 5.74) is 1.98. The second kappa shape index (κ2) is 9.72. The SMILES string of the molecule is Cc1cc(C(=O)NCC(C)C)ccc1NC(=O)c1ccc(Br)c(S(=O)(=O)N(C)C)c1. The first kappa shape index (κ1) is 24.0. The van der Waals surface area contributed by atoms with Gasteiger partial charge in [0, 0.05) is 41.9 Å². The van der Waals surface area contributed by atoms with Crippen LogP contribution in [-0.2, 0) is 10.0 Å². The number of sulfonamides is 1. The molecule has 2 rings (SSSR count). The highest BCUT2D eigenvalue weighted by atomic mass is 79.9. The quantitative estimate of drug-likeness (QED) is 0.612. The highest BCUT2D eigenvalue weighted by Gasteiger charge is 2.22. The van der Waals surface area contributed by atoms with Gasteiger partial charge in [0.15, 0.2) is 0 Å². The molecule has 0 atom stereocenters. The third-order valence-corrected chi connectivity index (χ3v) is 7.17. The summed E-state index contributed by atoms with van der Waals surface area (Å²) >= 11 is 3.23. The van der Waals surface area contributed by atoms with Crippen molar-refractivity contribution in [1.29, 1.82) is 0 Å². The molecular formula is C21H26BrN3O4S. The number of aryl methyl sites for hydroxylation is 1. The maximum absolute atomic E-state index is 12.7. The van der Waals surface area contributed by atoms with Gasteiger partial charge in [-0.3, -0.25) is 9.59 Å². The molecule has 0 saturated carbocycles. The van der Waals surface area contributed by atoms with Gasteiger partial charge in [-0.05, 0) is 70.7 Å². The van der Waals surface area contributed by atoms with Gasteiger partial charge in [0.1, 0.15) is 0 Å². The van der Waals surface area contributed by atoms with Crippen LogP contribution in [0, 0.1) is 12.8 Å². The van der Waals surface area contributed by atoms with E-state index in [1.54, 1.807) is 25.1 Å². The summed E-state index contributed by atoms with van der Waals surface area (Å²) in [4.78, 5) is 24.9. The van der Waals surface area contributed by atoms with Crippen molar-refractivity contribution in [1.82, 2.24) is 9.62 Å². The number of hydrogen-bond donors (Lipinski definition) is 2. The molecule has 0 aliphatic carbocycles. The van der Waals surface area contributed by atoms with Gasteiger partial charge in [-0.15, -0.1) is 0 Å². The van der Waals surface area contributed by atoms with E-state index in [-0.39, 0.29) is 16.4 Å². The minimum atomic E-state index is -3.71. The zero-order valence-electron chi connectivity index (χ0n) is 17.6. The summed E-state index contributed by atoms with van der Waals surface area (Å²) in [6, 6.07) is 9.40. The van der Waals surface area contributed by atoms with Gasteiger partial charge in [-0.25, -0.2) is 12.7 Å². The van der Waals surface area contributed by atoms with Crippen LogP contribution in [0.15, 0.2) is 45.8 Å². The monoisotopic (exact) mass is 495 g/mol. The lowest BCUT2D eigenvalue weighted by Gasteiger charge is -2.15. The van der Waals surface area contributed by atoms with E-state index in [2.05, 4.69) is 26.6 Å². The van der Waals surface area contributed by atoms with Crippen LogP contribution in [0.5, 0.6) is 0 Å². The standard InChI is InChI=1S/C21H26BrN3O4S/c1-13(2)12-23-20(26)15-7-9-18(14(3)10-15)24-21(27)16-6-8-17(22)19(11-16)30(28,29)25(4)5/h6-11,13H,12H2,1-5H3,(H,23,26)(H,24,27). The number of halogens is 1. The molecule has 0 aliphatic heterocycles. The van der Waals surface area contributed by atoms with Crippen molar-refractivity contribution in [3.8, 4) is 0 Å². The van der Waals surface area contributed by atoms with E-state index >= 15 is 0 Å². The van der Waals surface area contributed by atoms with Gasteiger partial charge < -0.3 is 10.6 Å². The number of nitrogens with one attached hydrogen (secondary N) is 2. The maximum Gasteiger partial charge on any atom is 0.255 e. The van der Waals surface area contributed by atoms with E-state index in [0.29, 0.717) is 28.2 Å². The Morgan fingerprint density at radius 3 is 2.20 bits per heavy atom. The van der Waals surface area contributed by atoms with Gasteiger partial charge in [-0.1, -0.05) is 13.8 Å². The summed E-state index contributed by atoms with van der Waals surface area (Å²) in [5.74, 6) is -0.269. The Balaban J connectivity index is 2.23. The highest BCUT2D eigenvalue weighted by Crippen LogP contribution is 2.26. The molecule has 0 aliphatic rings. The number of carbonyl (C=O) groups excluding carboxylic acids is 2. The largest absolute Gasteiger partial charge is 0.352 e. The van der Waals surface area contributed by atoms with Crippen molar-refractivity contribution in [3.05, 3.63) is 57.6 Å². The van der Waals surface area contributed by atoms with Crippen LogP contribution in [0.2, 0.25) is 0 Å². The molecule has 7 nitrogen and oxygen atoms in total. The Bertz CT molecular complexity index is 1070. The van der Waals surface area contributed by atoms with E-state index in [4.69, 9.17) is 0 Å². The number of carbonyl (C=O) groups is 2. The molecule has 162 valence electrons. The van der Waals surface area contributed by atoms with Crippen LogP contribution in [0.3, 0.4) is 0 Å². The lowest BCUT2D eigenvalue weighted by atomic mass is 10.1. The van der Waals surface area contributed by atoms with Crippen molar-refractivity contribution in [2.75, 3.05) is 26.0 Å². The molecule has 0 heterocycles. The van der Waals surface area contributed by atoms with Crippen LogP contribution in [0.1, 0.15) is 40.1 Å². The predicted octanol–water partition coefficient (Wildman–Crippen LogP) is 3.65. The fourth-order valence-electron chi connectivity index (χ4n) is 2.58. The molecule has 0 radical (unpaired) electrons. The third-order valence-electron chi connectivity index (χ3n) is 4.36. The van der Waals surface area contributed by atoms with Crippen LogP contribution in [0.25, 0.3) is 0 Å². The van der Waals surface area contributed by atoms with Gasteiger partial charge in [0.05, 0.1) is 4.90 Å². The van der Waals surface area contributed by atoms with E-state index in [1.165, 1.54) is 32.3 Å². The summed E-state index contributed by atoms with van der Waals surface area (Å²) < 4.78 is 26.4. The fourth-order valence-corrected chi connectivity index (χ4v) is 4.42. The molecule has 0 fully saturated rings. The first-order valence-corrected chi connectivity index (χ1v) is 11.6. The second-order valence-corrected chi connectivity index (χ2v) is 10.5. The average molecular weight is 496 g/mol. The van der Waals surface area contributed by atoms with Crippen LogP contribution in [0.4, 0.5) is 5.69 Å². The van der Waals surface area contributed by atoms with Crippen LogP contribution >= 0.6 is 15.9 Å². The summed E-state index contributed by atoms with van der Waals surface area (Å²) in [6.45, 7) is 6.40. The van der Waals surface area contributed by atoms with Gasteiger partial charge in [0.2, 0.25) is 10.0 Å². The van der Waals surface area contributed by atoms with E-state index in [9.17, 15) is 18.0 Å². The minimum Gasteiger partial charge on any atom is -0.352 e. The molecule has 2 N–H and O–H groups in total. The number of amides is 2. The molecular weight excluding hydrogens is 470 g/mol. The summed E-state index contributed by atoms with van der Waals surface area (Å²) in [6.07, 6.45) is 0. The molecule has 0 saturated heterocycles. The lowest BCUT2D eigenvalue weighted by molar-refractivity contribution is 0.0948. The normalized spacial score (nSPS) is 11.6. The van der Waals surface area contributed by atoms with Gasteiger partial charge >= 0.3 is 0 Å². The Hall–Kier alpha value is -2.23. The molecule has 0 spiro atoms. The highest BCUT2D eigenvalue weighted by molar-refractivity contribution is 9.10. The summed E-state index contributed by atoms with van der Waals surface area (Å²) in [5, 5.41) is 5.63. The van der Waals surface area contributed by atoms with Crippen molar-refractivity contribution in [2.45, 2.75) is 25.7 Å². The van der Waals surface area contributed by atoms with Gasteiger partial charge in [-0.2, -0.15) is 0 Å². The van der Waals surface area contributed by atoms with E-state index < -0.39 is 15.9 Å². The molecule has 0 aromatic heterocycles. The number of benzene rings is 2. The lowest BCUT2D eigenvalue weighted by Crippen LogP contribution is -2.27. The maximum atomic E-state index is 12.7. The molecule has 2 amide bonds. The summed E-state index contributed by atoms with van der Waals surface area (Å²) in [7, 11) is -0.855. The Labute approximate surface area is 186 Å². The Kier molecular flexibility index (Phi) is 7.79. The molecule has 2 aromatic carbocycles. The molecule has 0 bridgehead atoms. The number of hydrogen-bond acceptors (Lipinski definition) is 4. The Morgan fingerprint density at radius 1 is 1.03 bits per heavy atom. The number of anilines is 1. The first-order chi connectivity index (χ1) is 13.9. The number of nitrogens with zero attached hydrogens (tertiary/aromatic N) is 1. The molecule has 30 heavy (non-hydrogen) atoms. The molecule has 9 heteroatoms. The van der Waals surface area contributed by atoms with Crippen molar-refractivity contribution in [3.63, 3.8) is 0 Å². The molecule has 0 unspecified atom stereocenters. The molecule has 2 aromatic rings. The zero-order valence-corrected chi connectivity index (χ0v) is 20.0. The van der Waals surface area contributed by atoms with Crippen molar-refractivity contribution < 1.29 is 18.0 Å².